The molecule has 0 aliphatic heterocycles. The lowest BCUT2D eigenvalue weighted by molar-refractivity contribution is -0.346. The van der Waals surface area contributed by atoms with Crippen molar-refractivity contribution in [1.82, 2.24) is 4.98 Å². The molecule has 0 aliphatic carbocycles. The number of hydrogen-bond acceptors (Lipinski definition) is 3. The topological polar surface area (TPSA) is 90.1 Å². The summed E-state index contributed by atoms with van der Waals surface area (Å²) in [5, 5.41) is 0.459. The summed E-state index contributed by atoms with van der Waals surface area (Å²) in [6.45, 7) is 0. The fourth-order valence-electron chi connectivity index (χ4n) is 3.11. The SMILES string of the molecule is Nc1ccc(F)c(C(=O)c2c[nH]c3[nH+]cc(-c4cccc(C=O)c4)cc23)c1F. The van der Waals surface area contributed by atoms with E-state index in [-0.39, 0.29) is 11.3 Å². The van der Waals surface area contributed by atoms with Crippen LogP contribution in [0.15, 0.2) is 54.9 Å². The average Bonchev–Trinajstić information content (AvgIpc) is 3.14. The molecule has 0 saturated heterocycles. The van der Waals surface area contributed by atoms with Crippen molar-refractivity contribution in [1.29, 1.82) is 0 Å². The second kappa shape index (κ2) is 6.70. The number of nitrogens with one attached hydrogen (secondary N) is 2. The van der Waals surface area contributed by atoms with Crippen molar-refractivity contribution in [2.45, 2.75) is 0 Å². The Kier molecular flexibility index (Phi) is 4.19. The number of ketones is 1. The maximum absolute atomic E-state index is 14.3. The van der Waals surface area contributed by atoms with Crippen LogP contribution in [0, 0.1) is 11.6 Å². The minimum Gasteiger partial charge on any atom is -0.396 e. The Hall–Kier alpha value is -3.87. The van der Waals surface area contributed by atoms with Crippen LogP contribution in [-0.2, 0) is 0 Å². The molecule has 2 heterocycles. The maximum Gasteiger partial charge on any atom is 0.285 e. The standard InChI is InChI=1S/C21H13F2N3O2/c22-16-4-5-17(24)19(23)18(16)20(28)15-9-26-21-14(15)7-13(8-25-21)12-3-1-2-11(6-12)10-27/h1-10H,24H2,(H,25,26)/p+1. The largest absolute Gasteiger partial charge is 0.396 e. The van der Waals surface area contributed by atoms with E-state index in [1.165, 1.54) is 6.20 Å². The molecule has 28 heavy (non-hydrogen) atoms. The smallest absolute Gasteiger partial charge is 0.285 e. The first-order chi connectivity index (χ1) is 13.5. The van der Waals surface area contributed by atoms with Crippen LogP contribution in [0.2, 0.25) is 0 Å². The molecule has 0 bridgehead atoms. The minimum absolute atomic E-state index is 0.100. The van der Waals surface area contributed by atoms with Crippen LogP contribution in [0.1, 0.15) is 26.3 Å². The summed E-state index contributed by atoms with van der Waals surface area (Å²) in [5.41, 5.74) is 7.07. The molecular weight excluding hydrogens is 364 g/mol. The van der Waals surface area contributed by atoms with Gasteiger partial charge < -0.3 is 5.73 Å². The van der Waals surface area contributed by atoms with Crippen molar-refractivity contribution in [2.75, 3.05) is 5.73 Å². The number of fused-ring (bicyclic) bond motifs is 1. The molecule has 138 valence electrons. The molecule has 0 amide bonds. The van der Waals surface area contributed by atoms with Crippen molar-refractivity contribution in [2.24, 2.45) is 0 Å². The van der Waals surface area contributed by atoms with Crippen molar-refractivity contribution in [3.63, 3.8) is 0 Å². The molecule has 4 N–H and O–H groups in total. The lowest BCUT2D eigenvalue weighted by Gasteiger charge is -2.05. The van der Waals surface area contributed by atoms with E-state index >= 15 is 0 Å². The number of aromatic amines is 2. The van der Waals surface area contributed by atoms with Gasteiger partial charge in [-0.25, -0.2) is 18.7 Å². The minimum atomic E-state index is -1.09. The number of aldehydes is 1. The number of anilines is 1. The zero-order valence-corrected chi connectivity index (χ0v) is 14.4. The van der Waals surface area contributed by atoms with E-state index in [4.69, 9.17) is 5.73 Å². The van der Waals surface area contributed by atoms with Gasteiger partial charge in [-0.3, -0.25) is 9.59 Å². The quantitative estimate of drug-likeness (QED) is 0.323. The van der Waals surface area contributed by atoms with E-state index in [1.807, 2.05) is 6.07 Å². The molecule has 4 rings (SSSR count). The van der Waals surface area contributed by atoms with Gasteiger partial charge in [0, 0.05) is 11.1 Å². The normalized spacial score (nSPS) is 10.9. The summed E-state index contributed by atoms with van der Waals surface area (Å²) < 4.78 is 28.4. The van der Waals surface area contributed by atoms with Crippen molar-refractivity contribution in [3.05, 3.63) is 83.2 Å². The molecule has 0 atom stereocenters. The molecular formula is C21H14F2N3O2+. The number of carbonyl (C=O) groups excluding carboxylic acids is 2. The lowest BCUT2D eigenvalue weighted by atomic mass is 9.99. The molecule has 0 spiro atoms. The fourth-order valence-corrected chi connectivity index (χ4v) is 3.11. The van der Waals surface area contributed by atoms with E-state index in [1.54, 1.807) is 30.5 Å². The zero-order valence-electron chi connectivity index (χ0n) is 14.4. The Morgan fingerprint density at radius 3 is 2.71 bits per heavy atom. The zero-order chi connectivity index (χ0) is 19.8. The number of pyridine rings is 1. The van der Waals surface area contributed by atoms with Crippen molar-refractivity contribution >= 4 is 28.8 Å². The molecule has 5 nitrogen and oxygen atoms in total. The Morgan fingerprint density at radius 2 is 1.93 bits per heavy atom. The number of nitrogen functional groups attached to an aromatic ring is 1. The second-order valence-corrected chi connectivity index (χ2v) is 6.28. The van der Waals surface area contributed by atoms with Crippen LogP contribution < -0.4 is 10.7 Å². The van der Waals surface area contributed by atoms with Gasteiger partial charge in [0.15, 0.2) is 5.82 Å². The number of rotatable bonds is 4. The molecule has 2 aromatic carbocycles. The van der Waals surface area contributed by atoms with Crippen LogP contribution in [0.4, 0.5) is 14.5 Å². The first-order valence-corrected chi connectivity index (χ1v) is 8.36. The number of benzene rings is 2. The van der Waals surface area contributed by atoms with Gasteiger partial charge >= 0.3 is 0 Å². The summed E-state index contributed by atoms with van der Waals surface area (Å²) in [6.07, 6.45) is 3.83. The molecule has 4 aromatic rings. The van der Waals surface area contributed by atoms with Gasteiger partial charge in [0.2, 0.25) is 5.78 Å². The Labute approximate surface area is 157 Å². The highest BCUT2D eigenvalue weighted by Gasteiger charge is 2.25. The van der Waals surface area contributed by atoms with Gasteiger partial charge in [-0.1, -0.05) is 18.2 Å². The Balaban J connectivity index is 1.86. The van der Waals surface area contributed by atoms with E-state index < -0.39 is 23.0 Å². The molecule has 2 aromatic heterocycles. The van der Waals surface area contributed by atoms with Gasteiger partial charge in [0.05, 0.1) is 28.4 Å². The fraction of sp³-hybridized carbons (Fsp3) is 0. The van der Waals surface area contributed by atoms with Crippen molar-refractivity contribution < 1.29 is 23.4 Å². The van der Waals surface area contributed by atoms with Crippen LogP contribution in [-0.4, -0.2) is 17.1 Å². The van der Waals surface area contributed by atoms with Crippen LogP contribution >= 0.6 is 0 Å². The first kappa shape index (κ1) is 17.5. The molecule has 0 radical (unpaired) electrons. The predicted octanol–water partition coefficient (Wildman–Crippen LogP) is 3.55. The highest BCUT2D eigenvalue weighted by Crippen LogP contribution is 2.27. The van der Waals surface area contributed by atoms with Gasteiger partial charge in [-0.05, 0) is 29.8 Å². The van der Waals surface area contributed by atoms with E-state index in [9.17, 15) is 18.4 Å². The van der Waals surface area contributed by atoms with Crippen LogP contribution in [0.3, 0.4) is 0 Å². The number of halogens is 2. The summed E-state index contributed by atoms with van der Waals surface area (Å²) in [7, 11) is 0. The maximum atomic E-state index is 14.3. The summed E-state index contributed by atoms with van der Waals surface area (Å²) in [5.74, 6) is -2.89. The summed E-state index contributed by atoms with van der Waals surface area (Å²) >= 11 is 0. The van der Waals surface area contributed by atoms with Crippen molar-refractivity contribution in [3.8, 4) is 11.1 Å². The number of carbonyl (C=O) groups is 2. The van der Waals surface area contributed by atoms with E-state index in [0.717, 1.165) is 24.0 Å². The second-order valence-electron chi connectivity index (χ2n) is 6.28. The summed E-state index contributed by atoms with van der Waals surface area (Å²) in [6, 6.07) is 10.7. The van der Waals surface area contributed by atoms with E-state index in [2.05, 4.69) is 9.97 Å². The molecule has 7 heteroatoms. The van der Waals surface area contributed by atoms with Crippen LogP contribution in [0.5, 0.6) is 0 Å². The third-order valence-corrected chi connectivity index (χ3v) is 4.54. The molecule has 0 aliphatic rings. The number of nitrogens with two attached hydrogens (primary N) is 1. The lowest BCUT2D eigenvalue weighted by Crippen LogP contribution is -2.10. The predicted molar refractivity (Wildman–Crippen MR) is 99.9 cm³/mol. The molecule has 0 fully saturated rings. The van der Waals surface area contributed by atoms with E-state index in [0.29, 0.717) is 22.2 Å². The van der Waals surface area contributed by atoms with Gasteiger partial charge in [-0.15, -0.1) is 0 Å². The van der Waals surface area contributed by atoms with Crippen LogP contribution in [0.25, 0.3) is 22.2 Å². The van der Waals surface area contributed by atoms with Gasteiger partial charge in [0.25, 0.3) is 5.65 Å². The van der Waals surface area contributed by atoms with Gasteiger partial charge in [0.1, 0.15) is 18.3 Å². The molecule has 0 saturated carbocycles. The number of aromatic nitrogens is 2. The Morgan fingerprint density at radius 1 is 1.11 bits per heavy atom. The highest BCUT2D eigenvalue weighted by molar-refractivity contribution is 6.16. The average molecular weight is 378 g/mol. The first-order valence-electron chi connectivity index (χ1n) is 8.36. The van der Waals surface area contributed by atoms with Gasteiger partial charge in [-0.2, -0.15) is 0 Å². The third kappa shape index (κ3) is 2.83. The number of hydrogen-bond donors (Lipinski definition) is 2. The Bertz CT molecular complexity index is 1250. The monoisotopic (exact) mass is 378 g/mol. The third-order valence-electron chi connectivity index (χ3n) is 4.54. The molecule has 0 unspecified atom stereocenters. The highest BCUT2D eigenvalue weighted by atomic mass is 19.1. The number of H-pyrrole nitrogens is 2. The summed E-state index contributed by atoms with van der Waals surface area (Å²) in [4.78, 5) is 29.8.